The van der Waals surface area contributed by atoms with Crippen LogP contribution in [0.4, 0.5) is 5.69 Å². The normalized spacial score (nSPS) is 11.2. The van der Waals surface area contributed by atoms with Crippen LogP contribution in [-0.4, -0.2) is 33.7 Å². The van der Waals surface area contributed by atoms with Crippen LogP contribution in [-0.2, 0) is 15.8 Å². The van der Waals surface area contributed by atoms with E-state index in [0.29, 0.717) is 18.0 Å². The fraction of sp³-hybridized carbons (Fsp3) is 0.190. The van der Waals surface area contributed by atoms with Gasteiger partial charge in [0, 0.05) is 29.3 Å². The molecule has 164 valence electrons. The highest BCUT2D eigenvalue weighted by Gasteiger charge is 2.20. The summed E-state index contributed by atoms with van der Waals surface area (Å²) in [5, 5.41) is 6.98. The zero-order valence-electron chi connectivity index (χ0n) is 16.6. The predicted octanol–water partition coefficient (Wildman–Crippen LogP) is 4.87. The van der Waals surface area contributed by atoms with Gasteiger partial charge in [0.2, 0.25) is 0 Å². The Morgan fingerprint density at radius 2 is 1.94 bits per heavy atom. The van der Waals surface area contributed by atoms with E-state index >= 15 is 0 Å². The molecule has 0 spiro atoms. The summed E-state index contributed by atoms with van der Waals surface area (Å²) in [6, 6.07) is 12.7. The van der Waals surface area contributed by atoms with Gasteiger partial charge in [-0.25, -0.2) is 8.42 Å². The summed E-state index contributed by atoms with van der Waals surface area (Å²) >= 11 is 9.50. The first kappa shape index (κ1) is 23.5. The van der Waals surface area contributed by atoms with Gasteiger partial charge in [0.05, 0.1) is 12.1 Å². The molecular formula is C21H21ClN2O4S3. The number of hydrogen-bond acceptors (Lipinski definition) is 6. The third-order valence-electron chi connectivity index (χ3n) is 4.21. The molecule has 0 radical (unpaired) electrons. The number of hydrogen-bond donors (Lipinski definition) is 2. The largest absolute Gasteiger partial charge is 0.497 e. The lowest BCUT2D eigenvalue weighted by Gasteiger charge is -2.12. The number of thiophene rings is 1. The van der Waals surface area contributed by atoms with E-state index in [1.54, 1.807) is 47.4 Å². The van der Waals surface area contributed by atoms with Gasteiger partial charge in [0.25, 0.3) is 15.9 Å². The predicted molar refractivity (Wildman–Crippen MR) is 128 cm³/mol. The average molecular weight is 497 g/mol. The molecule has 1 aromatic heterocycles. The lowest BCUT2D eigenvalue weighted by Crippen LogP contribution is -2.26. The molecule has 0 saturated heterocycles. The van der Waals surface area contributed by atoms with Crippen LogP contribution in [0, 0.1) is 0 Å². The van der Waals surface area contributed by atoms with Crippen molar-refractivity contribution in [1.82, 2.24) is 5.32 Å². The van der Waals surface area contributed by atoms with Crippen molar-refractivity contribution in [3.63, 3.8) is 0 Å². The minimum atomic E-state index is -3.98. The van der Waals surface area contributed by atoms with E-state index in [2.05, 4.69) is 21.5 Å². The van der Waals surface area contributed by atoms with Crippen LogP contribution in [0.2, 0.25) is 5.02 Å². The van der Waals surface area contributed by atoms with Crippen molar-refractivity contribution in [3.05, 3.63) is 75.4 Å². The summed E-state index contributed by atoms with van der Waals surface area (Å²) in [5.74, 6) is 1.89. The fourth-order valence-corrected chi connectivity index (χ4v) is 5.79. The van der Waals surface area contributed by atoms with Crippen molar-refractivity contribution < 1.29 is 17.9 Å². The second-order valence-corrected chi connectivity index (χ2v) is 10.4. The molecule has 0 aliphatic rings. The number of rotatable bonds is 10. The highest BCUT2D eigenvalue weighted by molar-refractivity contribution is 7.98. The fourth-order valence-electron chi connectivity index (χ4n) is 2.62. The number of carbonyl (C=O) groups is 1. The van der Waals surface area contributed by atoms with Crippen molar-refractivity contribution >= 4 is 56.3 Å². The number of anilines is 1. The maximum Gasteiger partial charge on any atom is 0.263 e. The van der Waals surface area contributed by atoms with Gasteiger partial charge in [-0.05, 0) is 64.9 Å². The van der Waals surface area contributed by atoms with E-state index in [1.807, 2.05) is 5.38 Å². The molecule has 10 heteroatoms. The molecule has 1 amide bonds. The molecule has 0 saturated carbocycles. The SMILES string of the molecule is COc1ccc(NS(=O)(=O)c2cc(C(=O)NCCSCc3ccsc3)ccc2Cl)cc1. The summed E-state index contributed by atoms with van der Waals surface area (Å²) in [5.41, 5.74) is 1.84. The zero-order valence-corrected chi connectivity index (χ0v) is 19.8. The topological polar surface area (TPSA) is 84.5 Å². The van der Waals surface area contributed by atoms with Crippen LogP contribution in [0.5, 0.6) is 5.75 Å². The van der Waals surface area contributed by atoms with Crippen LogP contribution in [0.15, 0.2) is 64.2 Å². The van der Waals surface area contributed by atoms with Crippen LogP contribution < -0.4 is 14.8 Å². The monoisotopic (exact) mass is 496 g/mol. The second-order valence-electron chi connectivity index (χ2n) is 6.42. The molecule has 6 nitrogen and oxygen atoms in total. The van der Waals surface area contributed by atoms with Gasteiger partial charge in [0.15, 0.2) is 0 Å². The molecule has 0 fully saturated rings. The third-order valence-corrected chi connectivity index (χ3v) is 7.83. The van der Waals surface area contributed by atoms with E-state index in [0.717, 1.165) is 11.5 Å². The first-order valence-electron chi connectivity index (χ1n) is 9.22. The van der Waals surface area contributed by atoms with E-state index < -0.39 is 10.0 Å². The lowest BCUT2D eigenvalue weighted by molar-refractivity contribution is 0.0956. The van der Waals surface area contributed by atoms with Crippen LogP contribution in [0.1, 0.15) is 15.9 Å². The number of methoxy groups -OCH3 is 1. The van der Waals surface area contributed by atoms with Gasteiger partial charge in [0.1, 0.15) is 10.6 Å². The smallest absolute Gasteiger partial charge is 0.263 e. The summed E-state index contributed by atoms with van der Waals surface area (Å²) in [6.07, 6.45) is 0. The number of amides is 1. The third kappa shape index (κ3) is 6.64. The maximum atomic E-state index is 12.8. The zero-order chi connectivity index (χ0) is 22.3. The number of nitrogens with one attached hydrogen (secondary N) is 2. The van der Waals surface area contributed by atoms with E-state index in [-0.39, 0.29) is 21.4 Å². The van der Waals surface area contributed by atoms with E-state index in [9.17, 15) is 13.2 Å². The molecule has 0 bridgehead atoms. The summed E-state index contributed by atoms with van der Waals surface area (Å²) in [7, 11) is -2.45. The van der Waals surface area contributed by atoms with Crippen molar-refractivity contribution in [3.8, 4) is 5.75 Å². The molecule has 31 heavy (non-hydrogen) atoms. The molecule has 1 heterocycles. The Morgan fingerprint density at radius 3 is 2.61 bits per heavy atom. The highest BCUT2D eigenvalue weighted by Crippen LogP contribution is 2.26. The Balaban J connectivity index is 1.61. The van der Waals surface area contributed by atoms with E-state index in [1.165, 1.54) is 30.9 Å². The number of ether oxygens (including phenoxy) is 1. The molecule has 2 aromatic carbocycles. The Hall–Kier alpha value is -2.20. The van der Waals surface area contributed by atoms with Crippen LogP contribution in [0.25, 0.3) is 0 Å². The molecule has 3 aromatic rings. The number of benzene rings is 2. The van der Waals surface area contributed by atoms with Crippen molar-refractivity contribution in [1.29, 1.82) is 0 Å². The maximum absolute atomic E-state index is 12.8. The Bertz CT molecular complexity index is 1120. The molecule has 3 rings (SSSR count). The highest BCUT2D eigenvalue weighted by atomic mass is 35.5. The minimum Gasteiger partial charge on any atom is -0.497 e. The molecule has 0 aliphatic heterocycles. The Labute approximate surface area is 195 Å². The van der Waals surface area contributed by atoms with Gasteiger partial charge in [-0.1, -0.05) is 11.6 Å². The van der Waals surface area contributed by atoms with Gasteiger partial charge in [-0.15, -0.1) is 0 Å². The molecule has 0 atom stereocenters. The second kappa shape index (κ2) is 10.9. The summed E-state index contributed by atoms with van der Waals surface area (Å²) in [4.78, 5) is 12.3. The first-order valence-corrected chi connectivity index (χ1v) is 13.2. The average Bonchev–Trinajstić information content (AvgIpc) is 3.27. The molecule has 0 unspecified atom stereocenters. The van der Waals surface area contributed by atoms with E-state index in [4.69, 9.17) is 16.3 Å². The van der Waals surface area contributed by atoms with Gasteiger partial charge < -0.3 is 10.1 Å². The molecule has 0 aliphatic carbocycles. The first-order chi connectivity index (χ1) is 14.9. The van der Waals surface area contributed by atoms with Gasteiger partial charge in [-0.3, -0.25) is 9.52 Å². The summed E-state index contributed by atoms with van der Waals surface area (Å²) in [6.45, 7) is 0.475. The van der Waals surface area contributed by atoms with Crippen molar-refractivity contribution in [2.75, 3.05) is 24.1 Å². The Kier molecular flexibility index (Phi) is 8.25. The van der Waals surface area contributed by atoms with Crippen LogP contribution in [0.3, 0.4) is 0 Å². The number of halogens is 1. The Morgan fingerprint density at radius 1 is 1.16 bits per heavy atom. The number of thioether (sulfide) groups is 1. The quantitative estimate of drug-likeness (QED) is 0.391. The van der Waals surface area contributed by atoms with Crippen LogP contribution >= 0.6 is 34.7 Å². The number of carbonyl (C=O) groups excluding carboxylic acids is 1. The molecular weight excluding hydrogens is 476 g/mol. The minimum absolute atomic E-state index is 0.0314. The van der Waals surface area contributed by atoms with Crippen molar-refractivity contribution in [2.24, 2.45) is 0 Å². The standard InChI is InChI=1S/C21H21ClN2O4S3/c1-28-18-5-3-17(4-6-18)24-31(26,27)20-12-16(2-7-19(20)22)21(25)23-9-11-30-14-15-8-10-29-13-15/h2-8,10,12-13,24H,9,11,14H2,1H3,(H,23,25). The summed E-state index contributed by atoms with van der Waals surface area (Å²) < 4.78 is 33.1. The van der Waals surface area contributed by atoms with Gasteiger partial charge >= 0.3 is 0 Å². The lowest BCUT2D eigenvalue weighted by atomic mass is 10.2. The van der Waals surface area contributed by atoms with Crippen molar-refractivity contribution in [2.45, 2.75) is 10.6 Å². The molecule has 2 N–H and O–H groups in total. The number of sulfonamides is 1. The van der Waals surface area contributed by atoms with Gasteiger partial charge in [-0.2, -0.15) is 23.1 Å².